The highest BCUT2D eigenvalue weighted by Crippen LogP contribution is 2.37. The molecule has 0 aliphatic carbocycles. The molecule has 6 heteroatoms. The number of ether oxygens (including phenoxy) is 1. The second kappa shape index (κ2) is 9.51. The fourth-order valence-corrected chi connectivity index (χ4v) is 3.85. The smallest absolute Gasteiger partial charge is 0.248 e. The maximum absolute atomic E-state index is 13.4. The lowest BCUT2D eigenvalue weighted by Crippen LogP contribution is -2.10. The predicted molar refractivity (Wildman–Crippen MR) is 131 cm³/mol. The van der Waals surface area contributed by atoms with E-state index in [4.69, 9.17) is 20.8 Å². The summed E-state index contributed by atoms with van der Waals surface area (Å²) in [6, 6.07) is 15.4. The zero-order valence-electron chi connectivity index (χ0n) is 18.5. The van der Waals surface area contributed by atoms with Crippen LogP contribution in [0.15, 0.2) is 71.4 Å². The molecule has 0 fully saturated rings. The van der Waals surface area contributed by atoms with E-state index in [1.165, 1.54) is 18.2 Å². The van der Waals surface area contributed by atoms with Crippen LogP contribution >= 0.6 is 11.6 Å². The van der Waals surface area contributed by atoms with Crippen molar-refractivity contribution in [2.24, 2.45) is 0 Å². The molecule has 0 unspecified atom stereocenters. The van der Waals surface area contributed by atoms with E-state index in [-0.39, 0.29) is 11.7 Å². The van der Waals surface area contributed by atoms with Crippen molar-refractivity contribution in [2.45, 2.75) is 20.8 Å². The summed E-state index contributed by atoms with van der Waals surface area (Å²) in [5.74, 6) is 0.0439. The van der Waals surface area contributed by atoms with Crippen LogP contribution in [0.25, 0.3) is 27.7 Å². The van der Waals surface area contributed by atoms with Crippen molar-refractivity contribution in [3.63, 3.8) is 0 Å². The number of amides is 1. The number of nitrogens with one attached hydrogen (secondary N) is 1. The number of anilines is 1. The molecule has 0 bridgehead atoms. The zero-order valence-corrected chi connectivity index (χ0v) is 19.3. The molecule has 1 heterocycles. The largest absolute Gasteiger partial charge is 0.493 e. The Bertz CT molecular complexity index is 1360. The molecule has 0 aliphatic rings. The lowest BCUT2D eigenvalue weighted by atomic mass is 9.99. The SMILES string of the molecule is CCOc1cc2occ(-c3ccc(F)cc3)c2cc1/C(C)=C/C(=O)Nc1cccc(Cl)c1C. The molecule has 0 radical (unpaired) electrons. The average molecular weight is 464 g/mol. The van der Waals surface area contributed by atoms with Crippen LogP contribution in [0.2, 0.25) is 5.02 Å². The monoisotopic (exact) mass is 463 g/mol. The van der Waals surface area contributed by atoms with E-state index in [0.29, 0.717) is 28.6 Å². The zero-order chi connectivity index (χ0) is 23.5. The molecule has 1 N–H and O–H groups in total. The Morgan fingerprint density at radius 3 is 2.67 bits per heavy atom. The number of fused-ring (bicyclic) bond motifs is 1. The Morgan fingerprint density at radius 2 is 1.94 bits per heavy atom. The number of furan rings is 1. The summed E-state index contributed by atoms with van der Waals surface area (Å²) in [7, 11) is 0. The van der Waals surface area contributed by atoms with Crippen molar-refractivity contribution in [3.05, 3.63) is 88.9 Å². The Balaban J connectivity index is 1.73. The highest BCUT2D eigenvalue weighted by atomic mass is 35.5. The second-order valence-corrected chi connectivity index (χ2v) is 8.07. The molecular formula is C27H23ClFNO3. The van der Waals surface area contributed by atoms with Gasteiger partial charge in [-0.15, -0.1) is 0 Å². The summed E-state index contributed by atoms with van der Waals surface area (Å²) in [6.45, 7) is 6.07. The Hall–Kier alpha value is -3.57. The third kappa shape index (κ3) is 4.78. The summed E-state index contributed by atoms with van der Waals surface area (Å²) < 4.78 is 25.0. The number of allylic oxidation sites excluding steroid dienone is 1. The minimum Gasteiger partial charge on any atom is -0.493 e. The molecule has 3 aromatic carbocycles. The first-order chi connectivity index (χ1) is 15.9. The molecule has 4 nitrogen and oxygen atoms in total. The van der Waals surface area contributed by atoms with Gasteiger partial charge in [0, 0.05) is 39.4 Å². The van der Waals surface area contributed by atoms with Gasteiger partial charge in [0.15, 0.2) is 0 Å². The van der Waals surface area contributed by atoms with Crippen molar-refractivity contribution in [1.29, 1.82) is 0 Å². The molecular weight excluding hydrogens is 441 g/mol. The van der Waals surface area contributed by atoms with Gasteiger partial charge >= 0.3 is 0 Å². The third-order valence-corrected chi connectivity index (χ3v) is 5.84. The lowest BCUT2D eigenvalue weighted by Gasteiger charge is -2.12. The Labute approximate surface area is 196 Å². The molecule has 4 rings (SSSR count). The van der Waals surface area contributed by atoms with Gasteiger partial charge in [-0.2, -0.15) is 0 Å². The molecule has 0 spiro atoms. The highest BCUT2D eigenvalue weighted by molar-refractivity contribution is 6.31. The van der Waals surface area contributed by atoms with Gasteiger partial charge in [-0.25, -0.2) is 4.39 Å². The normalized spacial score (nSPS) is 11.6. The van der Waals surface area contributed by atoms with Crippen LogP contribution < -0.4 is 10.1 Å². The summed E-state index contributed by atoms with van der Waals surface area (Å²) in [5.41, 5.74) is 5.27. The van der Waals surface area contributed by atoms with Crippen LogP contribution in [0, 0.1) is 12.7 Å². The first kappa shape index (κ1) is 22.6. The van der Waals surface area contributed by atoms with Crippen molar-refractivity contribution in [2.75, 3.05) is 11.9 Å². The molecule has 33 heavy (non-hydrogen) atoms. The van der Waals surface area contributed by atoms with E-state index in [1.807, 2.05) is 32.9 Å². The average Bonchev–Trinajstić information content (AvgIpc) is 3.20. The van der Waals surface area contributed by atoms with Crippen LogP contribution in [0.4, 0.5) is 10.1 Å². The van der Waals surface area contributed by atoms with Crippen molar-refractivity contribution >= 4 is 39.7 Å². The lowest BCUT2D eigenvalue weighted by molar-refractivity contribution is -0.111. The van der Waals surface area contributed by atoms with E-state index in [2.05, 4.69) is 5.32 Å². The number of hydrogen-bond donors (Lipinski definition) is 1. The molecule has 4 aromatic rings. The third-order valence-electron chi connectivity index (χ3n) is 5.43. The predicted octanol–water partition coefficient (Wildman–Crippen LogP) is 7.64. The van der Waals surface area contributed by atoms with Gasteiger partial charge in [0.05, 0.1) is 12.9 Å². The van der Waals surface area contributed by atoms with E-state index in [0.717, 1.165) is 33.2 Å². The van der Waals surface area contributed by atoms with Crippen LogP contribution in [-0.2, 0) is 4.79 Å². The van der Waals surface area contributed by atoms with E-state index in [1.54, 1.807) is 36.6 Å². The topological polar surface area (TPSA) is 51.5 Å². The van der Waals surface area contributed by atoms with Crippen LogP contribution in [0.5, 0.6) is 5.75 Å². The van der Waals surface area contributed by atoms with Crippen LogP contribution in [0.3, 0.4) is 0 Å². The Morgan fingerprint density at radius 1 is 1.18 bits per heavy atom. The van der Waals surface area contributed by atoms with Gasteiger partial charge in [0.25, 0.3) is 0 Å². The van der Waals surface area contributed by atoms with Gasteiger partial charge in [0.1, 0.15) is 17.1 Å². The number of hydrogen-bond acceptors (Lipinski definition) is 3. The number of benzene rings is 3. The molecule has 168 valence electrons. The molecule has 0 atom stereocenters. The van der Waals surface area contributed by atoms with Gasteiger partial charge < -0.3 is 14.5 Å². The first-order valence-corrected chi connectivity index (χ1v) is 10.9. The van der Waals surface area contributed by atoms with Crippen molar-refractivity contribution in [1.82, 2.24) is 0 Å². The maximum atomic E-state index is 13.4. The van der Waals surface area contributed by atoms with Crippen molar-refractivity contribution in [3.8, 4) is 16.9 Å². The summed E-state index contributed by atoms with van der Waals surface area (Å²) in [5, 5.41) is 4.32. The maximum Gasteiger partial charge on any atom is 0.248 e. The number of halogens is 2. The van der Waals surface area contributed by atoms with E-state index < -0.39 is 0 Å². The Kier molecular flexibility index (Phi) is 6.52. The minimum atomic E-state index is -0.300. The first-order valence-electron chi connectivity index (χ1n) is 10.6. The summed E-state index contributed by atoms with van der Waals surface area (Å²) in [4.78, 5) is 12.7. The van der Waals surface area contributed by atoms with E-state index >= 15 is 0 Å². The number of carbonyl (C=O) groups excluding carboxylic acids is 1. The minimum absolute atomic E-state index is 0.272. The fourth-order valence-electron chi connectivity index (χ4n) is 3.68. The molecule has 0 saturated heterocycles. The fraction of sp³-hybridized carbons (Fsp3) is 0.148. The molecule has 1 amide bonds. The van der Waals surface area contributed by atoms with E-state index in [9.17, 15) is 9.18 Å². The number of carbonyl (C=O) groups is 1. The molecule has 0 saturated carbocycles. The number of rotatable bonds is 6. The van der Waals surface area contributed by atoms with Crippen LogP contribution in [-0.4, -0.2) is 12.5 Å². The molecule has 1 aromatic heterocycles. The quantitative estimate of drug-likeness (QED) is 0.299. The van der Waals surface area contributed by atoms with Gasteiger partial charge in [0.2, 0.25) is 5.91 Å². The van der Waals surface area contributed by atoms with Gasteiger partial charge in [-0.05, 0) is 67.8 Å². The highest BCUT2D eigenvalue weighted by Gasteiger charge is 2.16. The molecule has 0 aliphatic heterocycles. The van der Waals surface area contributed by atoms with Crippen LogP contribution in [0.1, 0.15) is 25.0 Å². The second-order valence-electron chi connectivity index (χ2n) is 7.66. The standard InChI is InChI=1S/C27H23ClFNO3/c1-4-32-25-14-26-21(22(15-33-26)18-8-10-19(29)11-9-18)13-20(25)16(2)12-27(31)30-24-7-5-6-23(28)17(24)3/h5-15H,4H2,1-3H3,(H,30,31)/b16-12+. The van der Waals surface area contributed by atoms with Gasteiger partial charge in [-0.1, -0.05) is 29.8 Å². The van der Waals surface area contributed by atoms with Crippen molar-refractivity contribution < 1.29 is 18.3 Å². The van der Waals surface area contributed by atoms with Gasteiger partial charge in [-0.3, -0.25) is 4.79 Å². The summed E-state index contributed by atoms with van der Waals surface area (Å²) >= 11 is 6.16. The summed E-state index contributed by atoms with van der Waals surface area (Å²) in [6.07, 6.45) is 3.17.